The summed E-state index contributed by atoms with van der Waals surface area (Å²) in [6.07, 6.45) is 0.960. The van der Waals surface area contributed by atoms with Gasteiger partial charge in [0, 0.05) is 26.1 Å². The van der Waals surface area contributed by atoms with Crippen LogP contribution in [0.5, 0.6) is 0 Å². The van der Waals surface area contributed by atoms with Crippen molar-refractivity contribution in [1.29, 1.82) is 0 Å². The molecule has 6 heteroatoms. The second kappa shape index (κ2) is 5.13. The van der Waals surface area contributed by atoms with Crippen LogP contribution in [0.25, 0.3) is 11.1 Å². The maximum atomic E-state index is 11.0. The number of hydrogen-bond acceptors (Lipinski definition) is 5. The number of para-hydroxylation sites is 1. The number of carbonyl (C=O) groups is 1. The van der Waals surface area contributed by atoms with Gasteiger partial charge in [-0.3, -0.25) is 9.69 Å². The molecular weight excluding hydrogens is 256 g/mol. The fraction of sp³-hybridized carbons (Fsp3) is 0.429. The lowest BCUT2D eigenvalue weighted by atomic mass is 10.3. The van der Waals surface area contributed by atoms with Crippen LogP contribution in [0.1, 0.15) is 19.2 Å². The highest BCUT2D eigenvalue weighted by molar-refractivity contribution is 5.85. The molecule has 1 atom stereocenters. The first-order chi connectivity index (χ1) is 9.61. The summed E-state index contributed by atoms with van der Waals surface area (Å²) in [5.41, 5.74) is 7.95. The number of hydrogen-bond donors (Lipinski definition) is 2. The number of nitrogens with one attached hydrogen (secondary N) is 1. The highest BCUT2D eigenvalue weighted by Crippen LogP contribution is 2.22. The van der Waals surface area contributed by atoms with Crippen LogP contribution in [0.2, 0.25) is 0 Å². The summed E-state index contributed by atoms with van der Waals surface area (Å²) < 4.78 is 5.71. The minimum atomic E-state index is 0.0199. The average Bonchev–Trinajstić information content (AvgIpc) is 2.96. The number of aromatic nitrogens is 1. The van der Waals surface area contributed by atoms with Crippen LogP contribution in [-0.2, 0) is 11.3 Å². The lowest BCUT2D eigenvalue weighted by Gasteiger charge is -2.13. The number of carbonyl (C=O) groups excluding carboxylic acids is 1. The molecule has 1 fully saturated rings. The Bertz CT molecular complexity index is 637. The van der Waals surface area contributed by atoms with Crippen molar-refractivity contribution in [2.75, 3.05) is 18.8 Å². The highest BCUT2D eigenvalue weighted by Gasteiger charge is 2.24. The molecule has 0 spiro atoms. The smallest absolute Gasteiger partial charge is 0.217 e. The topological polar surface area (TPSA) is 84.4 Å². The van der Waals surface area contributed by atoms with E-state index in [1.165, 1.54) is 0 Å². The minimum Gasteiger partial charge on any atom is -0.439 e. The molecule has 1 unspecified atom stereocenters. The molecule has 2 aromatic rings. The Labute approximate surface area is 116 Å². The number of nitrogens with two attached hydrogens (primary N) is 1. The van der Waals surface area contributed by atoms with Crippen LogP contribution in [-0.4, -0.2) is 34.9 Å². The van der Waals surface area contributed by atoms with Crippen LogP contribution in [0.4, 0.5) is 5.69 Å². The summed E-state index contributed by atoms with van der Waals surface area (Å²) in [7, 11) is 0. The van der Waals surface area contributed by atoms with E-state index in [1.54, 1.807) is 6.92 Å². The van der Waals surface area contributed by atoms with Crippen molar-refractivity contribution in [2.24, 2.45) is 0 Å². The Morgan fingerprint density at radius 2 is 2.45 bits per heavy atom. The van der Waals surface area contributed by atoms with Gasteiger partial charge in [-0.15, -0.1) is 0 Å². The number of anilines is 1. The predicted octanol–water partition coefficient (Wildman–Crippen LogP) is 1.12. The second-order valence-corrected chi connectivity index (χ2v) is 5.22. The fourth-order valence-electron chi connectivity index (χ4n) is 2.66. The van der Waals surface area contributed by atoms with Gasteiger partial charge in [-0.25, -0.2) is 4.98 Å². The van der Waals surface area contributed by atoms with Crippen molar-refractivity contribution < 1.29 is 9.21 Å². The molecule has 1 aromatic carbocycles. The Morgan fingerprint density at radius 3 is 3.20 bits per heavy atom. The summed E-state index contributed by atoms with van der Waals surface area (Å²) in [6, 6.07) is 5.76. The van der Waals surface area contributed by atoms with E-state index < -0.39 is 0 Å². The van der Waals surface area contributed by atoms with Gasteiger partial charge in [0.1, 0.15) is 5.52 Å². The van der Waals surface area contributed by atoms with Crippen LogP contribution < -0.4 is 11.1 Å². The second-order valence-electron chi connectivity index (χ2n) is 5.22. The monoisotopic (exact) mass is 274 g/mol. The zero-order valence-electron chi connectivity index (χ0n) is 11.4. The standard InChI is InChI=1S/C14H18N4O2/c1-9(19)16-10-5-6-18(7-10)8-13-17-14-11(15)3-2-4-12(14)20-13/h2-4,10H,5-8,15H2,1H3,(H,16,19). The van der Waals surface area contributed by atoms with Crippen molar-refractivity contribution in [3.8, 4) is 0 Å². The van der Waals surface area contributed by atoms with Crippen molar-refractivity contribution in [3.63, 3.8) is 0 Å². The first-order valence-corrected chi connectivity index (χ1v) is 6.75. The number of oxazole rings is 1. The van der Waals surface area contributed by atoms with E-state index in [-0.39, 0.29) is 11.9 Å². The molecule has 3 rings (SSSR count). The molecule has 0 saturated carbocycles. The van der Waals surface area contributed by atoms with Gasteiger partial charge in [0.25, 0.3) is 0 Å². The summed E-state index contributed by atoms with van der Waals surface area (Å²) in [4.78, 5) is 17.7. The number of fused-ring (bicyclic) bond motifs is 1. The molecule has 1 aliphatic heterocycles. The number of amides is 1. The number of rotatable bonds is 3. The Kier molecular flexibility index (Phi) is 3.31. The summed E-state index contributed by atoms with van der Waals surface area (Å²) in [6.45, 7) is 3.95. The van der Waals surface area contributed by atoms with Gasteiger partial charge < -0.3 is 15.5 Å². The molecule has 1 saturated heterocycles. The van der Waals surface area contributed by atoms with E-state index in [1.807, 2.05) is 18.2 Å². The number of nitrogen functional groups attached to an aromatic ring is 1. The quantitative estimate of drug-likeness (QED) is 0.819. The van der Waals surface area contributed by atoms with Crippen molar-refractivity contribution >= 4 is 22.7 Å². The molecule has 6 nitrogen and oxygen atoms in total. The third-order valence-electron chi connectivity index (χ3n) is 3.53. The van der Waals surface area contributed by atoms with Gasteiger partial charge in [0.15, 0.2) is 5.58 Å². The Balaban J connectivity index is 1.68. The van der Waals surface area contributed by atoms with Gasteiger partial charge in [0.2, 0.25) is 11.8 Å². The van der Waals surface area contributed by atoms with Gasteiger partial charge in [-0.2, -0.15) is 0 Å². The number of nitrogens with zero attached hydrogens (tertiary/aromatic N) is 2. The van der Waals surface area contributed by atoms with E-state index in [0.29, 0.717) is 18.1 Å². The first kappa shape index (κ1) is 12.9. The Hall–Kier alpha value is -2.08. The predicted molar refractivity (Wildman–Crippen MR) is 75.9 cm³/mol. The van der Waals surface area contributed by atoms with Crippen LogP contribution >= 0.6 is 0 Å². The summed E-state index contributed by atoms with van der Waals surface area (Å²) in [5.74, 6) is 0.688. The molecule has 106 valence electrons. The number of benzene rings is 1. The van der Waals surface area contributed by atoms with Crippen molar-refractivity contribution in [3.05, 3.63) is 24.1 Å². The molecule has 2 heterocycles. The zero-order valence-corrected chi connectivity index (χ0v) is 11.4. The molecular formula is C14H18N4O2. The third-order valence-corrected chi connectivity index (χ3v) is 3.53. The maximum Gasteiger partial charge on any atom is 0.217 e. The normalized spacial score (nSPS) is 19.6. The minimum absolute atomic E-state index is 0.0199. The van der Waals surface area contributed by atoms with Crippen molar-refractivity contribution in [1.82, 2.24) is 15.2 Å². The van der Waals surface area contributed by atoms with E-state index in [0.717, 1.165) is 30.6 Å². The van der Waals surface area contributed by atoms with E-state index >= 15 is 0 Å². The van der Waals surface area contributed by atoms with E-state index in [2.05, 4.69) is 15.2 Å². The summed E-state index contributed by atoms with van der Waals surface area (Å²) >= 11 is 0. The molecule has 0 aliphatic carbocycles. The first-order valence-electron chi connectivity index (χ1n) is 6.75. The van der Waals surface area contributed by atoms with Gasteiger partial charge in [-0.1, -0.05) is 6.07 Å². The third kappa shape index (κ3) is 2.60. The van der Waals surface area contributed by atoms with Crippen LogP contribution in [0.3, 0.4) is 0 Å². The van der Waals surface area contributed by atoms with Gasteiger partial charge in [-0.05, 0) is 18.6 Å². The highest BCUT2D eigenvalue weighted by atomic mass is 16.3. The largest absolute Gasteiger partial charge is 0.439 e. The van der Waals surface area contributed by atoms with Crippen LogP contribution in [0, 0.1) is 0 Å². The SMILES string of the molecule is CC(=O)NC1CCN(Cc2nc3c(N)cccc3o2)C1. The lowest BCUT2D eigenvalue weighted by Crippen LogP contribution is -2.35. The van der Waals surface area contributed by atoms with Crippen molar-refractivity contribution in [2.45, 2.75) is 25.9 Å². The van der Waals surface area contributed by atoms with Gasteiger partial charge in [0.05, 0.1) is 12.2 Å². The summed E-state index contributed by atoms with van der Waals surface area (Å²) in [5, 5.41) is 2.94. The van der Waals surface area contributed by atoms with E-state index in [4.69, 9.17) is 10.2 Å². The molecule has 3 N–H and O–H groups in total. The average molecular weight is 274 g/mol. The van der Waals surface area contributed by atoms with Crippen LogP contribution in [0.15, 0.2) is 22.6 Å². The van der Waals surface area contributed by atoms with Gasteiger partial charge >= 0.3 is 0 Å². The molecule has 20 heavy (non-hydrogen) atoms. The van der Waals surface area contributed by atoms with E-state index in [9.17, 15) is 4.79 Å². The lowest BCUT2D eigenvalue weighted by molar-refractivity contribution is -0.119. The fourth-order valence-corrected chi connectivity index (χ4v) is 2.66. The molecule has 1 aliphatic rings. The Morgan fingerprint density at radius 1 is 1.60 bits per heavy atom. The number of likely N-dealkylation sites (tertiary alicyclic amines) is 1. The maximum absolute atomic E-state index is 11.0. The molecule has 1 amide bonds. The zero-order chi connectivity index (χ0) is 14.1. The molecule has 0 radical (unpaired) electrons. The molecule has 1 aromatic heterocycles. The molecule has 0 bridgehead atoms.